The maximum absolute atomic E-state index is 12.7. The molecule has 0 bridgehead atoms. The van der Waals surface area contributed by atoms with Crippen molar-refractivity contribution in [1.82, 2.24) is 9.29 Å². The summed E-state index contributed by atoms with van der Waals surface area (Å²) in [4.78, 5) is 5.32. The molecule has 1 unspecified atom stereocenters. The van der Waals surface area contributed by atoms with Crippen LogP contribution in [0, 0.1) is 0 Å². The van der Waals surface area contributed by atoms with Crippen LogP contribution in [0.1, 0.15) is 23.4 Å². The number of pyridine rings is 1. The molecule has 2 aromatic heterocycles. The van der Waals surface area contributed by atoms with Crippen LogP contribution in [0.5, 0.6) is 0 Å². The first-order valence-corrected chi connectivity index (χ1v) is 8.62. The second-order valence-corrected chi connectivity index (χ2v) is 7.65. The lowest BCUT2D eigenvalue weighted by molar-refractivity contribution is 0.329. The number of sulfonamides is 1. The molecule has 0 spiro atoms. The summed E-state index contributed by atoms with van der Waals surface area (Å²) in [6, 6.07) is 4.75. The Hall–Kier alpha value is -1.44. The van der Waals surface area contributed by atoms with E-state index in [1.54, 1.807) is 11.3 Å². The molecule has 2 aromatic rings. The smallest absolute Gasteiger partial charge is 0.243 e. The minimum absolute atomic E-state index is 0.149. The number of aromatic nitrogens is 1. The largest absolute Gasteiger partial charge is 0.384 e. The predicted molar refractivity (Wildman–Crippen MR) is 79.0 cm³/mol. The van der Waals surface area contributed by atoms with E-state index in [-0.39, 0.29) is 16.8 Å². The number of nitrogen functional groups attached to an aromatic ring is 1. The molecule has 5 nitrogen and oxygen atoms in total. The van der Waals surface area contributed by atoms with Crippen LogP contribution >= 0.6 is 11.3 Å². The van der Waals surface area contributed by atoms with Gasteiger partial charge in [0.25, 0.3) is 0 Å². The molecule has 0 amide bonds. The van der Waals surface area contributed by atoms with Gasteiger partial charge < -0.3 is 5.73 Å². The maximum Gasteiger partial charge on any atom is 0.243 e. The average Bonchev–Trinajstić information content (AvgIpc) is 2.88. The average molecular weight is 309 g/mol. The Bertz CT molecular complexity index is 740. The molecule has 0 saturated carbocycles. The summed E-state index contributed by atoms with van der Waals surface area (Å²) in [5, 5.41) is 2.02. The van der Waals surface area contributed by atoms with E-state index < -0.39 is 10.0 Å². The van der Waals surface area contributed by atoms with Crippen LogP contribution in [-0.2, 0) is 16.4 Å². The van der Waals surface area contributed by atoms with E-state index in [0.717, 1.165) is 12.0 Å². The Morgan fingerprint density at radius 2 is 2.25 bits per heavy atom. The van der Waals surface area contributed by atoms with Gasteiger partial charge in [0, 0.05) is 29.7 Å². The molecule has 20 heavy (non-hydrogen) atoms. The maximum atomic E-state index is 12.7. The first-order valence-electron chi connectivity index (χ1n) is 6.30. The van der Waals surface area contributed by atoms with Gasteiger partial charge in [0.2, 0.25) is 10.0 Å². The van der Waals surface area contributed by atoms with Gasteiger partial charge in [-0.1, -0.05) is 0 Å². The third-order valence-electron chi connectivity index (χ3n) is 3.58. The number of thiophene rings is 1. The van der Waals surface area contributed by atoms with E-state index in [1.165, 1.54) is 27.5 Å². The van der Waals surface area contributed by atoms with Gasteiger partial charge in [-0.2, -0.15) is 4.31 Å². The summed E-state index contributed by atoms with van der Waals surface area (Å²) >= 11 is 1.69. The summed E-state index contributed by atoms with van der Waals surface area (Å²) in [5.74, 6) is 0.215. The number of hydrogen-bond donors (Lipinski definition) is 1. The molecule has 1 aliphatic heterocycles. The second-order valence-electron chi connectivity index (χ2n) is 4.76. The van der Waals surface area contributed by atoms with E-state index in [1.807, 2.05) is 18.4 Å². The van der Waals surface area contributed by atoms with Crippen molar-refractivity contribution in [3.63, 3.8) is 0 Å². The van der Waals surface area contributed by atoms with E-state index in [9.17, 15) is 8.42 Å². The fraction of sp³-hybridized carbons (Fsp3) is 0.308. The Labute approximate surface area is 122 Å². The zero-order chi connectivity index (χ0) is 14.3. The molecule has 0 aromatic carbocycles. The molecule has 0 saturated heterocycles. The highest BCUT2D eigenvalue weighted by Gasteiger charge is 2.34. The van der Waals surface area contributed by atoms with Gasteiger partial charge in [0.1, 0.15) is 5.82 Å². The fourth-order valence-electron chi connectivity index (χ4n) is 2.54. The first-order chi connectivity index (χ1) is 9.50. The van der Waals surface area contributed by atoms with Crippen LogP contribution in [-0.4, -0.2) is 24.3 Å². The van der Waals surface area contributed by atoms with Crippen LogP contribution in [0.3, 0.4) is 0 Å². The highest BCUT2D eigenvalue weighted by Crippen LogP contribution is 2.36. The van der Waals surface area contributed by atoms with Crippen LogP contribution in [0.2, 0.25) is 0 Å². The quantitative estimate of drug-likeness (QED) is 0.921. The van der Waals surface area contributed by atoms with Crippen molar-refractivity contribution in [2.75, 3.05) is 12.3 Å². The normalized spacial score (nSPS) is 19.8. The van der Waals surface area contributed by atoms with Crippen LogP contribution < -0.4 is 5.73 Å². The Kier molecular flexibility index (Phi) is 3.27. The minimum Gasteiger partial charge on any atom is -0.384 e. The predicted octanol–water partition coefficient (Wildman–Crippen LogP) is 2.03. The van der Waals surface area contributed by atoms with Crippen molar-refractivity contribution < 1.29 is 8.42 Å². The lowest BCUT2D eigenvalue weighted by atomic mass is 10.0. The summed E-state index contributed by atoms with van der Waals surface area (Å²) in [6.45, 7) is 2.42. The number of nitrogens with zero attached hydrogens (tertiary/aromatic N) is 2. The Morgan fingerprint density at radius 1 is 1.45 bits per heavy atom. The van der Waals surface area contributed by atoms with Gasteiger partial charge in [-0.3, -0.25) is 0 Å². The molecule has 106 valence electrons. The SMILES string of the molecule is CC1c2ccsc2CCN1S(=O)(=O)c1ccnc(N)c1. The van der Waals surface area contributed by atoms with E-state index in [4.69, 9.17) is 5.73 Å². The molecule has 7 heteroatoms. The molecule has 0 aliphatic carbocycles. The summed E-state index contributed by atoms with van der Waals surface area (Å²) < 4.78 is 27.0. The third-order valence-corrected chi connectivity index (χ3v) is 6.54. The number of nitrogens with two attached hydrogens (primary N) is 1. The van der Waals surface area contributed by atoms with Crippen molar-refractivity contribution in [3.8, 4) is 0 Å². The lowest BCUT2D eigenvalue weighted by Gasteiger charge is -2.32. The first kappa shape index (κ1) is 13.5. The highest BCUT2D eigenvalue weighted by molar-refractivity contribution is 7.89. The Balaban J connectivity index is 2.01. The van der Waals surface area contributed by atoms with Crippen molar-refractivity contribution in [2.45, 2.75) is 24.3 Å². The molecule has 1 aliphatic rings. The van der Waals surface area contributed by atoms with Crippen molar-refractivity contribution in [2.24, 2.45) is 0 Å². The van der Waals surface area contributed by atoms with Crippen LogP contribution in [0.15, 0.2) is 34.7 Å². The molecular weight excluding hydrogens is 294 g/mol. The highest BCUT2D eigenvalue weighted by atomic mass is 32.2. The minimum atomic E-state index is -3.54. The zero-order valence-electron chi connectivity index (χ0n) is 11.0. The lowest BCUT2D eigenvalue weighted by Crippen LogP contribution is -2.38. The summed E-state index contributed by atoms with van der Waals surface area (Å²) in [6.07, 6.45) is 2.18. The van der Waals surface area contributed by atoms with Gasteiger partial charge >= 0.3 is 0 Å². The van der Waals surface area contributed by atoms with E-state index >= 15 is 0 Å². The molecule has 3 rings (SSSR count). The monoisotopic (exact) mass is 309 g/mol. The van der Waals surface area contributed by atoms with Crippen LogP contribution in [0.25, 0.3) is 0 Å². The standard InChI is InChI=1S/C13H15N3O2S2/c1-9-11-4-7-19-12(11)3-6-16(9)20(17,18)10-2-5-15-13(14)8-10/h2,4-5,7-9H,3,6H2,1H3,(H2,14,15). The molecule has 1 atom stereocenters. The van der Waals surface area contributed by atoms with Crippen molar-refractivity contribution in [1.29, 1.82) is 0 Å². The molecule has 3 heterocycles. The van der Waals surface area contributed by atoms with E-state index in [2.05, 4.69) is 4.98 Å². The molecular formula is C13H15N3O2S2. The Morgan fingerprint density at radius 3 is 3.00 bits per heavy atom. The molecule has 0 fully saturated rings. The molecule has 2 N–H and O–H groups in total. The topological polar surface area (TPSA) is 76.3 Å². The number of fused-ring (bicyclic) bond motifs is 1. The van der Waals surface area contributed by atoms with Gasteiger partial charge in [-0.05, 0) is 36.4 Å². The number of rotatable bonds is 2. The third kappa shape index (κ3) is 2.11. The number of anilines is 1. The summed E-state index contributed by atoms with van der Waals surface area (Å²) in [7, 11) is -3.54. The second kappa shape index (κ2) is 4.83. The van der Waals surface area contributed by atoms with Gasteiger partial charge in [-0.25, -0.2) is 13.4 Å². The molecule has 0 radical (unpaired) electrons. The zero-order valence-corrected chi connectivity index (χ0v) is 12.6. The van der Waals surface area contributed by atoms with Gasteiger partial charge in [0.05, 0.1) is 4.90 Å². The van der Waals surface area contributed by atoms with Crippen LogP contribution in [0.4, 0.5) is 5.82 Å². The fourth-order valence-corrected chi connectivity index (χ4v) is 5.14. The van der Waals surface area contributed by atoms with Crippen molar-refractivity contribution >= 4 is 27.2 Å². The summed E-state index contributed by atoms with van der Waals surface area (Å²) in [5.41, 5.74) is 6.69. The van der Waals surface area contributed by atoms with Gasteiger partial charge in [0.15, 0.2) is 0 Å². The van der Waals surface area contributed by atoms with Gasteiger partial charge in [-0.15, -0.1) is 11.3 Å². The number of hydrogen-bond acceptors (Lipinski definition) is 5. The van der Waals surface area contributed by atoms with E-state index in [0.29, 0.717) is 6.54 Å². The van der Waals surface area contributed by atoms with Crippen molar-refractivity contribution in [3.05, 3.63) is 40.2 Å².